The molecule has 0 spiro atoms. The molecule has 1 aromatic heterocycles. The summed E-state index contributed by atoms with van der Waals surface area (Å²) in [7, 11) is 1.51. The molecular weight excluding hydrogens is 434 g/mol. The van der Waals surface area contributed by atoms with Crippen LogP contribution in [0.2, 0.25) is 0 Å². The number of methoxy groups -OCH3 is 1. The van der Waals surface area contributed by atoms with Gasteiger partial charge in [0, 0.05) is 5.56 Å². The van der Waals surface area contributed by atoms with Crippen LogP contribution in [0.1, 0.15) is 28.5 Å². The lowest BCUT2D eigenvalue weighted by Crippen LogP contribution is -2.29. The number of ketones is 1. The van der Waals surface area contributed by atoms with Crippen LogP contribution in [0, 0.1) is 6.92 Å². The van der Waals surface area contributed by atoms with Crippen molar-refractivity contribution in [2.45, 2.75) is 19.5 Å². The second-order valence-electron chi connectivity index (χ2n) is 7.88. The Morgan fingerprint density at radius 2 is 1.91 bits per heavy atom. The Hall–Kier alpha value is -4.26. The maximum Gasteiger partial charge on any atom is 0.296 e. The number of benzene rings is 2. The fraction of sp³-hybridized carbons (Fsp3) is 0.185. The quantitative estimate of drug-likeness (QED) is 0.226. The number of nitrogens with zero attached hydrogens (tertiary/aromatic N) is 1. The molecule has 0 saturated carbocycles. The van der Waals surface area contributed by atoms with E-state index in [9.17, 15) is 14.7 Å². The van der Waals surface area contributed by atoms with Gasteiger partial charge in [0.2, 0.25) is 0 Å². The summed E-state index contributed by atoms with van der Waals surface area (Å²) in [6.45, 7) is 5.92. The van der Waals surface area contributed by atoms with Crippen LogP contribution in [0.3, 0.4) is 0 Å². The topological polar surface area (TPSA) is 89.2 Å². The van der Waals surface area contributed by atoms with Gasteiger partial charge in [-0.05, 0) is 36.8 Å². The highest BCUT2D eigenvalue weighted by atomic mass is 16.5. The maximum atomic E-state index is 13.2. The lowest BCUT2D eigenvalue weighted by Gasteiger charge is -2.25. The minimum Gasteiger partial charge on any atom is -0.507 e. The van der Waals surface area contributed by atoms with Crippen molar-refractivity contribution in [3.63, 3.8) is 0 Å². The molecule has 7 nitrogen and oxygen atoms in total. The Kier molecular flexibility index (Phi) is 6.54. The smallest absolute Gasteiger partial charge is 0.296 e. The zero-order valence-corrected chi connectivity index (χ0v) is 19.0. The van der Waals surface area contributed by atoms with E-state index in [1.807, 2.05) is 19.1 Å². The summed E-state index contributed by atoms with van der Waals surface area (Å²) in [5.41, 5.74) is 2.04. The predicted molar refractivity (Wildman–Crippen MR) is 126 cm³/mol. The van der Waals surface area contributed by atoms with Crippen LogP contribution in [-0.4, -0.2) is 35.4 Å². The number of Topliss-reactive ketones (excluding diaryl/α,β-unsaturated/α-hetero) is 1. The van der Waals surface area contributed by atoms with Gasteiger partial charge in [0.25, 0.3) is 11.7 Å². The molecule has 2 heterocycles. The fourth-order valence-corrected chi connectivity index (χ4v) is 3.95. The molecule has 3 aromatic rings. The van der Waals surface area contributed by atoms with E-state index in [-0.39, 0.29) is 17.9 Å². The lowest BCUT2D eigenvalue weighted by molar-refractivity contribution is -0.140. The summed E-state index contributed by atoms with van der Waals surface area (Å²) in [6, 6.07) is 14.8. The van der Waals surface area contributed by atoms with Gasteiger partial charge in [-0.3, -0.25) is 9.59 Å². The molecule has 1 amide bonds. The van der Waals surface area contributed by atoms with Crippen molar-refractivity contribution in [3.8, 4) is 11.5 Å². The number of hydrogen-bond acceptors (Lipinski definition) is 6. The van der Waals surface area contributed by atoms with E-state index in [1.54, 1.807) is 48.5 Å². The molecule has 0 bridgehead atoms. The summed E-state index contributed by atoms with van der Waals surface area (Å²) in [5, 5.41) is 11.2. The number of furan rings is 1. The minimum atomic E-state index is -0.853. The third-order valence-electron chi connectivity index (χ3n) is 5.63. The molecule has 4 rings (SSSR count). The first-order chi connectivity index (χ1) is 16.4. The van der Waals surface area contributed by atoms with Gasteiger partial charge in [0.05, 0.1) is 31.5 Å². The molecule has 2 aromatic carbocycles. The Labute approximate surface area is 197 Å². The average Bonchev–Trinajstić information content (AvgIpc) is 3.45. The van der Waals surface area contributed by atoms with Gasteiger partial charge in [-0.25, -0.2) is 0 Å². The molecule has 1 aliphatic heterocycles. The Bertz CT molecular complexity index is 1240. The molecule has 1 fully saturated rings. The number of ether oxygens (including phenoxy) is 2. The van der Waals surface area contributed by atoms with Crippen LogP contribution < -0.4 is 9.47 Å². The van der Waals surface area contributed by atoms with Crippen molar-refractivity contribution in [3.05, 3.63) is 102 Å². The molecule has 7 heteroatoms. The summed E-state index contributed by atoms with van der Waals surface area (Å²) >= 11 is 0. The van der Waals surface area contributed by atoms with E-state index in [0.29, 0.717) is 35.0 Å². The van der Waals surface area contributed by atoms with E-state index in [4.69, 9.17) is 13.9 Å². The number of rotatable bonds is 8. The molecule has 1 atom stereocenters. The molecule has 1 saturated heterocycles. The first-order valence-electron chi connectivity index (χ1n) is 10.7. The van der Waals surface area contributed by atoms with Crippen LogP contribution in [0.5, 0.6) is 11.5 Å². The standard InChI is InChI=1S/C27H25NO6/c1-4-13-34-21-12-11-19(15-22(21)32-3)24-23(25(29)18-9-7-17(2)8-10-18)26(30)27(31)28(24)16-20-6-5-14-33-20/h4-12,14-15,24,29H,1,13,16H2,2-3H3. The number of carbonyl (C=O) groups excluding carboxylic acids is 2. The molecule has 1 N–H and O–H groups in total. The van der Waals surface area contributed by atoms with Crippen molar-refractivity contribution in [1.82, 2.24) is 4.90 Å². The van der Waals surface area contributed by atoms with Crippen molar-refractivity contribution < 1.29 is 28.6 Å². The van der Waals surface area contributed by atoms with Crippen LogP contribution in [0.15, 0.2) is 83.5 Å². The minimum absolute atomic E-state index is 0.00206. The average molecular weight is 459 g/mol. The van der Waals surface area contributed by atoms with Gasteiger partial charge in [-0.2, -0.15) is 0 Å². The maximum absolute atomic E-state index is 13.2. The Balaban J connectivity index is 1.86. The molecule has 34 heavy (non-hydrogen) atoms. The molecule has 1 unspecified atom stereocenters. The molecule has 0 aliphatic carbocycles. The third kappa shape index (κ3) is 4.32. The lowest BCUT2D eigenvalue weighted by atomic mass is 9.94. The van der Waals surface area contributed by atoms with Crippen molar-refractivity contribution in [2.24, 2.45) is 0 Å². The number of hydrogen-bond donors (Lipinski definition) is 1. The van der Waals surface area contributed by atoms with E-state index >= 15 is 0 Å². The normalized spacial score (nSPS) is 17.1. The number of aliphatic hydroxyl groups excluding tert-OH is 1. The predicted octanol–water partition coefficient (Wildman–Crippen LogP) is 4.78. The first-order valence-corrected chi connectivity index (χ1v) is 10.7. The second-order valence-corrected chi connectivity index (χ2v) is 7.88. The van der Waals surface area contributed by atoms with E-state index in [2.05, 4.69) is 6.58 Å². The Morgan fingerprint density at radius 1 is 1.15 bits per heavy atom. The van der Waals surface area contributed by atoms with Gasteiger partial charge in [0.15, 0.2) is 11.5 Å². The van der Waals surface area contributed by atoms with Crippen LogP contribution in [-0.2, 0) is 16.1 Å². The highest BCUT2D eigenvalue weighted by molar-refractivity contribution is 6.46. The number of amides is 1. The Morgan fingerprint density at radius 3 is 2.56 bits per heavy atom. The van der Waals surface area contributed by atoms with Crippen LogP contribution >= 0.6 is 0 Å². The van der Waals surface area contributed by atoms with E-state index < -0.39 is 17.7 Å². The number of aryl methyl sites for hydroxylation is 1. The second kappa shape index (κ2) is 9.70. The van der Waals surface area contributed by atoms with Crippen molar-refractivity contribution >= 4 is 17.4 Å². The van der Waals surface area contributed by atoms with Gasteiger partial charge in [-0.1, -0.05) is 48.6 Å². The van der Waals surface area contributed by atoms with Gasteiger partial charge in [-0.15, -0.1) is 0 Å². The molecule has 174 valence electrons. The molecule has 1 aliphatic rings. The fourth-order valence-electron chi connectivity index (χ4n) is 3.95. The van der Waals surface area contributed by atoms with Gasteiger partial charge >= 0.3 is 0 Å². The van der Waals surface area contributed by atoms with Crippen LogP contribution in [0.25, 0.3) is 5.76 Å². The highest BCUT2D eigenvalue weighted by Gasteiger charge is 2.46. The van der Waals surface area contributed by atoms with Crippen molar-refractivity contribution in [1.29, 1.82) is 0 Å². The zero-order chi connectivity index (χ0) is 24.2. The zero-order valence-electron chi connectivity index (χ0n) is 19.0. The SMILES string of the molecule is C=CCOc1ccc(C2C(=C(O)c3ccc(C)cc3)C(=O)C(=O)N2Cc2ccco2)cc1OC. The van der Waals surface area contributed by atoms with Gasteiger partial charge in [0.1, 0.15) is 18.1 Å². The summed E-state index contributed by atoms with van der Waals surface area (Å²) in [4.78, 5) is 27.7. The van der Waals surface area contributed by atoms with Crippen molar-refractivity contribution in [2.75, 3.05) is 13.7 Å². The number of carbonyl (C=O) groups is 2. The third-order valence-corrected chi connectivity index (χ3v) is 5.63. The monoisotopic (exact) mass is 459 g/mol. The molecular formula is C27H25NO6. The van der Waals surface area contributed by atoms with Crippen LogP contribution in [0.4, 0.5) is 0 Å². The highest BCUT2D eigenvalue weighted by Crippen LogP contribution is 2.42. The number of likely N-dealkylation sites (tertiary alicyclic amines) is 1. The largest absolute Gasteiger partial charge is 0.507 e. The van der Waals surface area contributed by atoms with E-state index in [0.717, 1.165) is 5.56 Å². The summed E-state index contributed by atoms with van der Waals surface area (Å²) < 4.78 is 16.6. The molecule has 0 radical (unpaired) electrons. The van der Waals surface area contributed by atoms with E-state index in [1.165, 1.54) is 18.3 Å². The summed E-state index contributed by atoms with van der Waals surface area (Å²) in [6.07, 6.45) is 3.12. The summed E-state index contributed by atoms with van der Waals surface area (Å²) in [5.74, 6) is -0.288. The first kappa shape index (κ1) is 22.9. The van der Waals surface area contributed by atoms with Gasteiger partial charge < -0.3 is 23.9 Å². The number of aliphatic hydroxyl groups is 1.